The lowest BCUT2D eigenvalue weighted by atomic mass is 9.99. The molecule has 26 heavy (non-hydrogen) atoms. The number of fused-ring (bicyclic) bond motifs is 3. The second-order valence-electron chi connectivity index (χ2n) is 8.10. The van der Waals surface area contributed by atoms with E-state index in [1.807, 2.05) is 12.1 Å². The molecule has 1 aromatic heterocycles. The smallest absolute Gasteiger partial charge is 0.137 e. The molecule has 0 saturated carbocycles. The molecule has 0 saturated heterocycles. The summed E-state index contributed by atoms with van der Waals surface area (Å²) < 4.78 is 6.11. The molecule has 0 spiro atoms. The van der Waals surface area contributed by atoms with Gasteiger partial charge in [0.05, 0.1) is 11.1 Å². The van der Waals surface area contributed by atoms with Gasteiger partial charge in [-0.15, -0.1) is 0 Å². The Hall–Kier alpha value is -2.74. The minimum Gasteiger partial charge on any atom is -0.456 e. The number of hydrogen-bond donors (Lipinski definition) is 0. The highest BCUT2D eigenvalue weighted by molar-refractivity contribution is 6.12. The molecule has 0 N–H and O–H groups in total. The maximum absolute atomic E-state index is 6.11. The van der Waals surface area contributed by atoms with Gasteiger partial charge in [-0.25, -0.2) is 0 Å². The lowest BCUT2D eigenvalue weighted by Crippen LogP contribution is -2.37. The van der Waals surface area contributed by atoms with Crippen molar-refractivity contribution >= 4 is 33.3 Å². The average molecular weight is 343 g/mol. The minimum atomic E-state index is -0.0765. The Labute approximate surface area is 155 Å². The predicted molar refractivity (Wildman–Crippen MR) is 112 cm³/mol. The molecule has 0 fully saturated rings. The van der Waals surface area contributed by atoms with Crippen molar-refractivity contribution in [1.82, 2.24) is 0 Å². The summed E-state index contributed by atoms with van der Waals surface area (Å²) in [6.45, 7) is 11.1. The van der Waals surface area contributed by atoms with E-state index in [0.717, 1.165) is 16.6 Å². The highest BCUT2D eigenvalue weighted by Gasteiger charge is 2.26. The largest absolute Gasteiger partial charge is 0.456 e. The van der Waals surface area contributed by atoms with Crippen LogP contribution in [0.25, 0.3) is 21.9 Å². The summed E-state index contributed by atoms with van der Waals surface area (Å²) in [6.07, 6.45) is 0. The molecule has 132 valence electrons. The lowest BCUT2D eigenvalue weighted by Gasteiger charge is -2.38. The number of benzene rings is 3. The van der Waals surface area contributed by atoms with E-state index in [1.165, 1.54) is 27.9 Å². The molecule has 0 bridgehead atoms. The van der Waals surface area contributed by atoms with Crippen LogP contribution in [0.1, 0.15) is 31.9 Å². The van der Waals surface area contributed by atoms with Gasteiger partial charge in [-0.05, 0) is 76.1 Å². The molecule has 0 aliphatic rings. The predicted octanol–water partition coefficient (Wildman–Crippen LogP) is 7.14. The number of nitrogens with zero attached hydrogens (tertiary/aromatic N) is 1. The van der Waals surface area contributed by atoms with E-state index in [0.29, 0.717) is 0 Å². The number of aryl methyl sites for hydroxylation is 2. The Morgan fingerprint density at radius 2 is 1.42 bits per heavy atom. The van der Waals surface area contributed by atoms with E-state index >= 15 is 0 Å². The van der Waals surface area contributed by atoms with Gasteiger partial charge in [0.2, 0.25) is 0 Å². The summed E-state index contributed by atoms with van der Waals surface area (Å²) in [5, 5.41) is 2.34. The summed E-state index contributed by atoms with van der Waals surface area (Å²) in [5.41, 5.74) is 6.74. The molecule has 4 aromatic rings. The molecule has 2 heteroatoms. The zero-order chi connectivity index (χ0) is 18.5. The van der Waals surface area contributed by atoms with Crippen LogP contribution in [0.2, 0.25) is 0 Å². The maximum atomic E-state index is 6.11. The fourth-order valence-corrected chi connectivity index (χ4v) is 3.91. The molecule has 0 radical (unpaired) electrons. The highest BCUT2D eigenvalue weighted by Crippen LogP contribution is 2.42. The van der Waals surface area contributed by atoms with E-state index in [4.69, 9.17) is 4.42 Å². The molecular weight excluding hydrogens is 318 g/mol. The number of furan rings is 1. The fraction of sp³-hybridized carbons (Fsp3) is 0.250. The van der Waals surface area contributed by atoms with Gasteiger partial charge in [0.1, 0.15) is 11.2 Å². The van der Waals surface area contributed by atoms with Crippen LogP contribution in [0.3, 0.4) is 0 Å². The van der Waals surface area contributed by atoms with Crippen LogP contribution in [0, 0.1) is 13.8 Å². The first-order valence-corrected chi connectivity index (χ1v) is 9.13. The van der Waals surface area contributed by atoms with Gasteiger partial charge in [-0.1, -0.05) is 30.3 Å². The van der Waals surface area contributed by atoms with Crippen molar-refractivity contribution in [2.45, 2.75) is 40.2 Å². The average Bonchev–Trinajstić information content (AvgIpc) is 2.92. The van der Waals surface area contributed by atoms with Crippen LogP contribution in [-0.4, -0.2) is 5.54 Å². The third kappa shape index (κ3) is 2.76. The van der Waals surface area contributed by atoms with Gasteiger partial charge in [-0.2, -0.15) is 0 Å². The third-order valence-electron chi connectivity index (χ3n) is 4.76. The number of para-hydroxylation sites is 1. The van der Waals surface area contributed by atoms with Gasteiger partial charge in [0.15, 0.2) is 0 Å². The van der Waals surface area contributed by atoms with Crippen molar-refractivity contribution < 1.29 is 4.42 Å². The first kappa shape index (κ1) is 16.7. The number of anilines is 2. The second-order valence-corrected chi connectivity index (χ2v) is 8.10. The number of rotatable bonds is 2. The van der Waals surface area contributed by atoms with E-state index in [9.17, 15) is 0 Å². The first-order chi connectivity index (χ1) is 12.3. The zero-order valence-corrected chi connectivity index (χ0v) is 16.1. The van der Waals surface area contributed by atoms with Crippen molar-refractivity contribution in [1.29, 1.82) is 0 Å². The highest BCUT2D eigenvalue weighted by atomic mass is 16.3. The van der Waals surface area contributed by atoms with Crippen molar-refractivity contribution in [3.8, 4) is 0 Å². The normalized spacial score (nSPS) is 12.0. The van der Waals surface area contributed by atoms with Gasteiger partial charge in [-0.3, -0.25) is 0 Å². The molecule has 0 aliphatic carbocycles. The van der Waals surface area contributed by atoms with E-state index in [-0.39, 0.29) is 5.54 Å². The van der Waals surface area contributed by atoms with Crippen LogP contribution in [-0.2, 0) is 0 Å². The summed E-state index contributed by atoms with van der Waals surface area (Å²) in [4.78, 5) is 2.43. The van der Waals surface area contributed by atoms with Gasteiger partial charge in [0, 0.05) is 16.6 Å². The maximum Gasteiger partial charge on any atom is 0.137 e. The minimum absolute atomic E-state index is 0.0765. The quantitative estimate of drug-likeness (QED) is 0.384. The summed E-state index contributed by atoms with van der Waals surface area (Å²) in [5.74, 6) is 0. The Kier molecular flexibility index (Phi) is 3.80. The summed E-state index contributed by atoms with van der Waals surface area (Å²) >= 11 is 0. The Bertz CT molecular complexity index is 1080. The first-order valence-electron chi connectivity index (χ1n) is 9.13. The van der Waals surface area contributed by atoms with Gasteiger partial charge in [0.25, 0.3) is 0 Å². The number of hydrogen-bond acceptors (Lipinski definition) is 2. The zero-order valence-electron chi connectivity index (χ0n) is 16.1. The Morgan fingerprint density at radius 3 is 2.12 bits per heavy atom. The van der Waals surface area contributed by atoms with Crippen molar-refractivity contribution in [3.63, 3.8) is 0 Å². The molecule has 0 amide bonds. The molecule has 2 nitrogen and oxygen atoms in total. The summed E-state index contributed by atoms with van der Waals surface area (Å²) in [6, 6.07) is 21.4. The van der Waals surface area contributed by atoms with E-state index in [2.05, 4.69) is 88.0 Å². The second kappa shape index (κ2) is 5.91. The van der Waals surface area contributed by atoms with Crippen LogP contribution in [0.5, 0.6) is 0 Å². The molecule has 0 aliphatic heterocycles. The molecule has 0 atom stereocenters. The van der Waals surface area contributed by atoms with Crippen LogP contribution in [0.15, 0.2) is 65.1 Å². The van der Waals surface area contributed by atoms with Gasteiger partial charge >= 0.3 is 0 Å². The molecule has 1 heterocycles. The van der Waals surface area contributed by atoms with Crippen molar-refractivity contribution in [2.75, 3.05) is 4.90 Å². The third-order valence-corrected chi connectivity index (χ3v) is 4.76. The SMILES string of the molecule is Cc1cc(C)cc(N(c2cccc3oc4ccccc4c23)C(C)(C)C)c1. The van der Waals surface area contributed by atoms with E-state index in [1.54, 1.807) is 0 Å². The van der Waals surface area contributed by atoms with Crippen LogP contribution >= 0.6 is 0 Å². The Morgan fingerprint density at radius 1 is 0.769 bits per heavy atom. The molecule has 0 unspecified atom stereocenters. The van der Waals surface area contributed by atoms with Crippen LogP contribution < -0.4 is 4.90 Å². The van der Waals surface area contributed by atoms with Crippen LogP contribution in [0.4, 0.5) is 11.4 Å². The molecule has 3 aromatic carbocycles. The standard InChI is InChI=1S/C24H25NO/c1-16-13-17(2)15-18(14-16)25(24(3,4)5)20-10-8-12-22-23(20)19-9-6-7-11-21(19)26-22/h6-15H,1-5H3. The van der Waals surface area contributed by atoms with Crippen molar-refractivity contribution in [2.24, 2.45) is 0 Å². The van der Waals surface area contributed by atoms with Crippen molar-refractivity contribution in [3.05, 3.63) is 71.8 Å². The van der Waals surface area contributed by atoms with E-state index < -0.39 is 0 Å². The molecule has 4 rings (SSSR count). The molecular formula is C24H25NO. The summed E-state index contributed by atoms with van der Waals surface area (Å²) in [7, 11) is 0. The lowest BCUT2D eigenvalue weighted by molar-refractivity contribution is 0.561. The fourth-order valence-electron chi connectivity index (χ4n) is 3.91. The monoisotopic (exact) mass is 343 g/mol. The van der Waals surface area contributed by atoms with Gasteiger partial charge < -0.3 is 9.32 Å². The topological polar surface area (TPSA) is 16.4 Å². The Balaban J connectivity index is 2.06.